The summed E-state index contributed by atoms with van der Waals surface area (Å²) in [5.41, 5.74) is 0.246. The van der Waals surface area contributed by atoms with Crippen molar-refractivity contribution >= 4 is 45.0 Å². The lowest BCUT2D eigenvalue weighted by Crippen LogP contribution is -2.38. The highest BCUT2D eigenvalue weighted by molar-refractivity contribution is 7.99. The maximum atomic E-state index is 12.5. The standard InChI is InChI=1S/C11H13Cl2NO3S2/c12-9-1-2-10(11(13)8(9)7-15)19(16,17)14-3-5-18-6-4-14/h1-2,15H,3-7H2. The van der Waals surface area contributed by atoms with Crippen LogP contribution in [0.15, 0.2) is 17.0 Å². The van der Waals surface area contributed by atoms with Gasteiger partial charge in [0.2, 0.25) is 10.0 Å². The van der Waals surface area contributed by atoms with E-state index < -0.39 is 16.6 Å². The van der Waals surface area contributed by atoms with Crippen molar-refractivity contribution in [2.75, 3.05) is 24.6 Å². The number of halogens is 2. The smallest absolute Gasteiger partial charge is 0.244 e. The van der Waals surface area contributed by atoms with Crippen molar-refractivity contribution in [3.63, 3.8) is 0 Å². The molecule has 0 radical (unpaired) electrons. The number of rotatable bonds is 3. The fourth-order valence-electron chi connectivity index (χ4n) is 1.85. The minimum absolute atomic E-state index is 0.00762. The van der Waals surface area contributed by atoms with Crippen LogP contribution in [0.25, 0.3) is 0 Å². The summed E-state index contributed by atoms with van der Waals surface area (Å²) >= 11 is 13.7. The highest BCUT2D eigenvalue weighted by Gasteiger charge is 2.29. The lowest BCUT2D eigenvalue weighted by atomic mass is 10.2. The van der Waals surface area contributed by atoms with Gasteiger partial charge in [-0.15, -0.1) is 0 Å². The molecule has 0 spiro atoms. The Labute approximate surface area is 126 Å². The lowest BCUT2D eigenvalue weighted by molar-refractivity contribution is 0.281. The van der Waals surface area contributed by atoms with E-state index in [1.165, 1.54) is 16.4 Å². The molecule has 1 heterocycles. The van der Waals surface area contributed by atoms with Crippen LogP contribution in [0.2, 0.25) is 10.0 Å². The fraction of sp³-hybridized carbons (Fsp3) is 0.455. The third-order valence-corrected chi connectivity index (χ3v) is 6.68. The summed E-state index contributed by atoms with van der Waals surface area (Å²) in [6.07, 6.45) is 0. The van der Waals surface area contributed by atoms with E-state index in [0.29, 0.717) is 13.1 Å². The van der Waals surface area contributed by atoms with Gasteiger partial charge < -0.3 is 5.11 Å². The molecule has 0 aliphatic carbocycles. The van der Waals surface area contributed by atoms with Crippen LogP contribution >= 0.6 is 35.0 Å². The summed E-state index contributed by atoms with van der Waals surface area (Å²) in [7, 11) is -3.62. The summed E-state index contributed by atoms with van der Waals surface area (Å²) < 4.78 is 26.4. The lowest BCUT2D eigenvalue weighted by Gasteiger charge is -2.26. The Morgan fingerprint density at radius 2 is 1.89 bits per heavy atom. The highest BCUT2D eigenvalue weighted by Crippen LogP contribution is 2.33. The van der Waals surface area contributed by atoms with Gasteiger partial charge in [-0.05, 0) is 12.1 Å². The van der Waals surface area contributed by atoms with Gasteiger partial charge in [0.25, 0.3) is 0 Å². The van der Waals surface area contributed by atoms with Gasteiger partial charge in [0.15, 0.2) is 0 Å². The molecule has 1 fully saturated rings. The Bertz CT molecular complexity index is 572. The molecule has 0 bridgehead atoms. The average molecular weight is 342 g/mol. The summed E-state index contributed by atoms with van der Waals surface area (Å²) in [6, 6.07) is 2.84. The zero-order valence-electron chi connectivity index (χ0n) is 9.97. The van der Waals surface area contributed by atoms with Gasteiger partial charge in [-0.3, -0.25) is 0 Å². The monoisotopic (exact) mass is 341 g/mol. The van der Waals surface area contributed by atoms with Gasteiger partial charge >= 0.3 is 0 Å². The van der Waals surface area contributed by atoms with Crippen LogP contribution in [0, 0.1) is 0 Å². The number of sulfonamides is 1. The summed E-state index contributed by atoms with van der Waals surface area (Å²) in [5.74, 6) is 1.55. The topological polar surface area (TPSA) is 57.6 Å². The molecule has 0 aromatic heterocycles. The Morgan fingerprint density at radius 1 is 1.26 bits per heavy atom. The van der Waals surface area contributed by atoms with Gasteiger partial charge in [0.1, 0.15) is 4.90 Å². The normalized spacial score (nSPS) is 17.6. The first-order valence-corrected chi connectivity index (χ1v) is 8.99. The first-order valence-electron chi connectivity index (χ1n) is 5.64. The third kappa shape index (κ3) is 3.04. The number of hydrogen-bond acceptors (Lipinski definition) is 4. The zero-order valence-corrected chi connectivity index (χ0v) is 13.1. The minimum atomic E-state index is -3.62. The second kappa shape index (κ2) is 6.20. The molecule has 1 N–H and O–H groups in total. The molecule has 8 heteroatoms. The van der Waals surface area contributed by atoms with E-state index in [0.717, 1.165) is 11.5 Å². The Morgan fingerprint density at radius 3 is 2.47 bits per heavy atom. The predicted octanol–water partition coefficient (Wildman–Crippen LogP) is 2.22. The van der Waals surface area contributed by atoms with Gasteiger partial charge in [0, 0.05) is 35.2 Å². The molecular weight excluding hydrogens is 329 g/mol. The van der Waals surface area contributed by atoms with E-state index in [1.54, 1.807) is 11.8 Å². The molecule has 4 nitrogen and oxygen atoms in total. The Hall–Kier alpha value is 0.0200. The quantitative estimate of drug-likeness (QED) is 0.915. The molecule has 0 atom stereocenters. The molecule has 1 saturated heterocycles. The van der Waals surface area contributed by atoms with Crippen molar-refractivity contribution in [1.29, 1.82) is 0 Å². The molecule has 0 saturated carbocycles. The van der Waals surface area contributed by atoms with Crippen molar-refractivity contribution in [3.05, 3.63) is 27.7 Å². The molecule has 0 amide bonds. The van der Waals surface area contributed by atoms with E-state index in [4.69, 9.17) is 23.2 Å². The van der Waals surface area contributed by atoms with Gasteiger partial charge in [-0.1, -0.05) is 23.2 Å². The Balaban J connectivity index is 2.46. The number of aliphatic hydroxyl groups is 1. The van der Waals surface area contributed by atoms with Crippen molar-refractivity contribution < 1.29 is 13.5 Å². The molecule has 0 unspecified atom stereocenters. The molecule has 1 aromatic carbocycles. The molecule has 1 aliphatic rings. The van der Waals surface area contributed by atoms with Crippen molar-refractivity contribution in [1.82, 2.24) is 4.31 Å². The van der Waals surface area contributed by atoms with Crippen LogP contribution in [-0.4, -0.2) is 42.4 Å². The maximum Gasteiger partial charge on any atom is 0.244 e. The second-order valence-corrected chi connectivity index (χ2v) is 7.93. The second-order valence-electron chi connectivity index (χ2n) is 4.01. The number of thioether (sulfide) groups is 1. The highest BCUT2D eigenvalue weighted by atomic mass is 35.5. The molecule has 2 rings (SSSR count). The molecular formula is C11H13Cl2NO3S2. The number of hydrogen-bond donors (Lipinski definition) is 1. The summed E-state index contributed by atoms with van der Waals surface area (Å²) in [4.78, 5) is 0.00881. The molecule has 19 heavy (non-hydrogen) atoms. The van der Waals surface area contributed by atoms with Gasteiger partial charge in [-0.2, -0.15) is 16.1 Å². The molecule has 1 aliphatic heterocycles. The molecule has 1 aromatic rings. The summed E-state index contributed by atoms with van der Waals surface area (Å²) in [6.45, 7) is 0.553. The minimum Gasteiger partial charge on any atom is -0.392 e. The first-order chi connectivity index (χ1) is 8.98. The van der Waals surface area contributed by atoms with Gasteiger partial charge in [-0.25, -0.2) is 8.42 Å². The van der Waals surface area contributed by atoms with E-state index in [-0.39, 0.29) is 20.5 Å². The van der Waals surface area contributed by atoms with E-state index >= 15 is 0 Å². The maximum absolute atomic E-state index is 12.5. The van der Waals surface area contributed by atoms with Crippen molar-refractivity contribution in [2.45, 2.75) is 11.5 Å². The van der Waals surface area contributed by atoms with Crippen LogP contribution in [0.1, 0.15) is 5.56 Å². The first kappa shape index (κ1) is 15.4. The van der Waals surface area contributed by atoms with Crippen LogP contribution in [0.3, 0.4) is 0 Å². The number of benzene rings is 1. The van der Waals surface area contributed by atoms with E-state index in [2.05, 4.69) is 0 Å². The van der Waals surface area contributed by atoms with E-state index in [9.17, 15) is 13.5 Å². The summed E-state index contributed by atoms with van der Waals surface area (Å²) in [5, 5.41) is 9.49. The fourth-order valence-corrected chi connectivity index (χ4v) is 5.29. The van der Waals surface area contributed by atoms with Crippen LogP contribution in [0.5, 0.6) is 0 Å². The van der Waals surface area contributed by atoms with Gasteiger partial charge in [0.05, 0.1) is 11.6 Å². The van der Waals surface area contributed by atoms with Crippen LogP contribution in [-0.2, 0) is 16.6 Å². The number of aliphatic hydroxyl groups excluding tert-OH is 1. The van der Waals surface area contributed by atoms with Crippen molar-refractivity contribution in [3.8, 4) is 0 Å². The SMILES string of the molecule is O=S(=O)(c1ccc(Cl)c(CO)c1Cl)N1CCSCC1. The van der Waals surface area contributed by atoms with Crippen LogP contribution in [0.4, 0.5) is 0 Å². The number of nitrogens with zero attached hydrogens (tertiary/aromatic N) is 1. The van der Waals surface area contributed by atoms with E-state index in [1.807, 2.05) is 0 Å². The third-order valence-electron chi connectivity index (χ3n) is 2.90. The predicted molar refractivity (Wildman–Crippen MR) is 78.5 cm³/mol. The van der Waals surface area contributed by atoms with Crippen LogP contribution < -0.4 is 0 Å². The zero-order chi connectivity index (χ0) is 14.0. The largest absolute Gasteiger partial charge is 0.392 e. The molecule has 106 valence electrons. The Kier molecular flexibility index (Phi) is 5.03. The van der Waals surface area contributed by atoms with Crippen molar-refractivity contribution in [2.24, 2.45) is 0 Å². The average Bonchev–Trinajstić information content (AvgIpc) is 2.40.